The lowest BCUT2D eigenvalue weighted by Crippen LogP contribution is -2.47. The van der Waals surface area contributed by atoms with E-state index in [2.05, 4.69) is 26.3 Å². The van der Waals surface area contributed by atoms with Crippen LogP contribution in [0.15, 0.2) is 21.2 Å². The smallest absolute Gasteiger partial charge is 0.306 e. The molecular weight excluding hydrogens is 840 g/mol. The maximum absolute atomic E-state index is 14.0. The fraction of sp³-hybridized carbons (Fsp3) is 0.737. The van der Waals surface area contributed by atoms with E-state index in [1.165, 1.54) is 6.07 Å². The first-order chi connectivity index (χ1) is 27.0. The quantitative estimate of drug-likeness (QED) is 0.207. The number of hydrogen-bond acceptors (Lipinski definition) is 9. The third-order valence-corrected chi connectivity index (χ3v) is 10.4. The van der Waals surface area contributed by atoms with Gasteiger partial charge in [-0.3, -0.25) is 24.5 Å². The standard InChI is InChI=1S/C19H25F4N3O3.C12H17F2N3O2.C7H10F2O2.ClH/c1-17(2,3)13-8-14(25-29-13)24-15(27)12-9-19(22,23)10-26(12)16(28)11-4-6-18(20,21)7-5-11;1-11(2,3)8-4-9(17-19-8)16-10(18)7-5-12(13,14)6-15-7;8-7(9)3-1-5(2-4-7)6(10)11;/h8,11-12H,4-7,9-10H2,1-3H3,(H,24,25,27);4,7,15H,5-6H2,1-3H3,(H,16,17,18);5H,1-4H2,(H,10,11);1H/t12-;7-;;/m00../s1. The molecule has 2 aliphatic heterocycles. The number of nitrogens with one attached hydrogen (secondary N) is 3. The van der Waals surface area contributed by atoms with Crippen LogP contribution in [-0.4, -0.2) is 92.9 Å². The van der Waals surface area contributed by atoms with Gasteiger partial charge in [0.05, 0.1) is 25.0 Å². The van der Waals surface area contributed by atoms with E-state index in [1.54, 1.807) is 6.07 Å². The first-order valence-electron chi connectivity index (χ1n) is 19.3. The zero-order valence-electron chi connectivity index (χ0n) is 34.1. The van der Waals surface area contributed by atoms with Gasteiger partial charge in [0.1, 0.15) is 17.6 Å². The van der Waals surface area contributed by atoms with Gasteiger partial charge in [0, 0.05) is 67.4 Å². The molecule has 2 aromatic rings. The van der Waals surface area contributed by atoms with Crippen LogP contribution in [0.5, 0.6) is 0 Å². The van der Waals surface area contributed by atoms with Gasteiger partial charge in [-0.2, -0.15) is 0 Å². The third kappa shape index (κ3) is 14.3. The van der Waals surface area contributed by atoms with Gasteiger partial charge in [-0.25, -0.2) is 35.1 Å². The molecule has 0 spiro atoms. The molecule has 4 N–H and O–H groups in total. The summed E-state index contributed by atoms with van der Waals surface area (Å²) in [5, 5.41) is 23.3. The van der Waals surface area contributed by atoms with Crippen LogP contribution in [0.25, 0.3) is 0 Å². The molecule has 4 aliphatic rings. The van der Waals surface area contributed by atoms with Gasteiger partial charge in [-0.15, -0.1) is 12.4 Å². The van der Waals surface area contributed by atoms with E-state index < -0.39 is 110 Å². The Morgan fingerprint density at radius 3 is 1.52 bits per heavy atom. The molecule has 340 valence electrons. The number of nitrogens with zero attached hydrogens (tertiary/aromatic N) is 3. The molecule has 2 saturated heterocycles. The second kappa shape index (κ2) is 18.9. The van der Waals surface area contributed by atoms with E-state index in [0.717, 1.165) is 4.90 Å². The highest BCUT2D eigenvalue weighted by atomic mass is 35.5. The average Bonchev–Trinajstić information content (AvgIpc) is 3.91. The van der Waals surface area contributed by atoms with Crippen LogP contribution < -0.4 is 16.0 Å². The number of aromatic nitrogens is 2. The minimum Gasteiger partial charge on any atom is -0.481 e. The van der Waals surface area contributed by atoms with E-state index >= 15 is 0 Å². The van der Waals surface area contributed by atoms with Crippen LogP contribution in [0.4, 0.5) is 46.8 Å². The number of amides is 3. The van der Waals surface area contributed by atoms with E-state index in [0.29, 0.717) is 11.5 Å². The van der Waals surface area contributed by atoms with Gasteiger partial charge >= 0.3 is 5.97 Å². The molecule has 22 heteroatoms. The number of aliphatic carboxylic acids is 1. The summed E-state index contributed by atoms with van der Waals surface area (Å²) in [7, 11) is 0. The second-order valence-electron chi connectivity index (χ2n) is 17.8. The monoisotopic (exact) mass is 892 g/mol. The van der Waals surface area contributed by atoms with Crippen molar-refractivity contribution in [1.82, 2.24) is 20.5 Å². The van der Waals surface area contributed by atoms with Crippen molar-refractivity contribution in [2.45, 2.75) is 152 Å². The molecule has 0 bridgehead atoms. The number of carbonyl (C=O) groups excluding carboxylic acids is 3. The normalized spacial score (nSPS) is 23.5. The first-order valence-corrected chi connectivity index (χ1v) is 19.3. The van der Waals surface area contributed by atoms with E-state index in [4.69, 9.17) is 14.2 Å². The Morgan fingerprint density at radius 1 is 0.700 bits per heavy atom. The minimum atomic E-state index is -3.23. The van der Waals surface area contributed by atoms with Crippen molar-refractivity contribution in [3.8, 4) is 0 Å². The summed E-state index contributed by atoms with van der Waals surface area (Å²) in [6, 6.07) is 0.810. The van der Waals surface area contributed by atoms with Crippen molar-refractivity contribution in [3.05, 3.63) is 23.7 Å². The molecule has 4 heterocycles. The van der Waals surface area contributed by atoms with Crippen LogP contribution in [0, 0.1) is 11.8 Å². The van der Waals surface area contributed by atoms with Crippen molar-refractivity contribution in [3.63, 3.8) is 0 Å². The predicted octanol–water partition coefficient (Wildman–Crippen LogP) is 8.20. The number of hydrogen-bond donors (Lipinski definition) is 4. The lowest BCUT2D eigenvalue weighted by atomic mass is 9.85. The first kappa shape index (κ1) is 50.3. The third-order valence-electron chi connectivity index (χ3n) is 10.4. The van der Waals surface area contributed by atoms with Gasteiger partial charge in [0.2, 0.25) is 29.6 Å². The molecule has 3 amide bonds. The summed E-state index contributed by atoms with van der Waals surface area (Å²) >= 11 is 0. The summed E-state index contributed by atoms with van der Waals surface area (Å²) in [6.45, 7) is 10.1. The number of alkyl halides is 8. The van der Waals surface area contributed by atoms with Gasteiger partial charge in [-0.05, 0) is 25.7 Å². The summed E-state index contributed by atoms with van der Waals surface area (Å²) in [5.41, 5.74) is -0.587. The van der Waals surface area contributed by atoms with Crippen molar-refractivity contribution < 1.29 is 68.5 Å². The molecule has 6 rings (SSSR count). The number of carboxylic acids is 1. The lowest BCUT2D eigenvalue weighted by molar-refractivity contribution is -0.146. The van der Waals surface area contributed by atoms with Crippen molar-refractivity contribution in [2.24, 2.45) is 11.8 Å². The second-order valence-corrected chi connectivity index (χ2v) is 17.8. The van der Waals surface area contributed by atoms with Crippen LogP contribution in [-0.2, 0) is 30.0 Å². The van der Waals surface area contributed by atoms with Gasteiger partial charge in [0.15, 0.2) is 11.6 Å². The molecular formula is C38H53ClF8N6O7. The van der Waals surface area contributed by atoms with Crippen molar-refractivity contribution in [2.75, 3.05) is 23.7 Å². The average molecular weight is 893 g/mol. The van der Waals surface area contributed by atoms with Gasteiger partial charge in [0.25, 0.3) is 11.8 Å². The Hall–Kier alpha value is -4.01. The molecule has 0 unspecified atom stereocenters. The molecule has 4 fully saturated rings. The van der Waals surface area contributed by atoms with Crippen LogP contribution in [0.3, 0.4) is 0 Å². The van der Waals surface area contributed by atoms with Gasteiger partial charge < -0.3 is 29.7 Å². The highest BCUT2D eigenvalue weighted by molar-refractivity contribution is 5.97. The number of likely N-dealkylation sites (tertiary alicyclic amines) is 1. The summed E-state index contributed by atoms with van der Waals surface area (Å²) < 4.78 is 116. The molecule has 0 radical (unpaired) electrons. The number of anilines is 2. The van der Waals surface area contributed by atoms with Crippen molar-refractivity contribution in [1.29, 1.82) is 0 Å². The van der Waals surface area contributed by atoms with E-state index in [1.807, 2.05) is 41.5 Å². The largest absolute Gasteiger partial charge is 0.481 e. The Labute approximate surface area is 347 Å². The molecule has 2 saturated carbocycles. The van der Waals surface area contributed by atoms with Crippen LogP contribution in [0.1, 0.15) is 117 Å². The molecule has 0 aromatic carbocycles. The van der Waals surface area contributed by atoms with E-state index in [-0.39, 0.29) is 73.4 Å². The number of carboxylic acid groups (broad SMARTS) is 1. The highest BCUT2D eigenvalue weighted by Gasteiger charge is 2.52. The predicted molar refractivity (Wildman–Crippen MR) is 203 cm³/mol. The zero-order chi connectivity index (χ0) is 44.4. The molecule has 2 aliphatic carbocycles. The fourth-order valence-corrected chi connectivity index (χ4v) is 6.79. The minimum absolute atomic E-state index is 0. The SMILES string of the molecule is CC(C)(C)c1cc(NC(=O)[C@@H]2CC(F)(F)CN2)no1.CC(C)(C)c1cc(NC(=O)[C@@H]2CC(F)(F)CN2C(=O)C2CCC(F)(F)CC2)no1.Cl.O=C(O)C1CCC(F)(F)CC1. The van der Waals surface area contributed by atoms with E-state index in [9.17, 15) is 54.3 Å². The summed E-state index contributed by atoms with van der Waals surface area (Å²) in [5.74, 6) is -14.3. The number of halogens is 9. The Kier molecular flexibility index (Phi) is 15.9. The molecule has 13 nitrogen and oxygen atoms in total. The Bertz CT molecular complexity index is 1790. The highest BCUT2D eigenvalue weighted by Crippen LogP contribution is 2.40. The molecule has 60 heavy (non-hydrogen) atoms. The van der Waals surface area contributed by atoms with Crippen LogP contribution in [0.2, 0.25) is 0 Å². The Morgan fingerprint density at radius 2 is 1.13 bits per heavy atom. The molecule has 2 atom stereocenters. The Balaban J connectivity index is 0.000000265. The number of rotatable bonds is 6. The summed E-state index contributed by atoms with van der Waals surface area (Å²) in [6.07, 6.45) is -2.72. The topological polar surface area (TPSA) is 180 Å². The lowest BCUT2D eigenvalue weighted by Gasteiger charge is -2.32. The maximum Gasteiger partial charge on any atom is 0.306 e. The maximum atomic E-state index is 14.0. The summed E-state index contributed by atoms with van der Waals surface area (Å²) in [4.78, 5) is 48.3. The van der Waals surface area contributed by atoms with Gasteiger partial charge in [-0.1, -0.05) is 51.9 Å². The molecule has 2 aromatic heterocycles. The fourth-order valence-electron chi connectivity index (χ4n) is 6.79. The van der Waals surface area contributed by atoms with Crippen molar-refractivity contribution >= 4 is 47.7 Å². The van der Waals surface area contributed by atoms with Crippen LogP contribution >= 0.6 is 12.4 Å². The zero-order valence-corrected chi connectivity index (χ0v) is 34.9. The number of carbonyl (C=O) groups is 4.